The molecule has 0 spiro atoms. The number of ether oxygens (including phenoxy) is 2. The standard InChI is InChI=1S/C24H34O4Si/c1-24(2,3)29(4,5)27-18-12-17-22(26-19-20-13-8-6-9-14-20)23(25)28-21-15-10-7-11-16-21/h6-11,13-16,22H,12,17-19H2,1-5H3. The van der Waals surface area contributed by atoms with Crippen molar-refractivity contribution in [1.29, 1.82) is 0 Å². The average Bonchev–Trinajstić information content (AvgIpc) is 2.68. The lowest BCUT2D eigenvalue weighted by atomic mass is 10.2. The molecule has 29 heavy (non-hydrogen) atoms. The van der Waals surface area contributed by atoms with Gasteiger partial charge in [0.15, 0.2) is 14.4 Å². The minimum atomic E-state index is -1.79. The van der Waals surface area contributed by atoms with Gasteiger partial charge in [0.05, 0.1) is 6.61 Å². The summed E-state index contributed by atoms with van der Waals surface area (Å²) in [7, 11) is -1.79. The average molecular weight is 415 g/mol. The second-order valence-corrected chi connectivity index (χ2v) is 13.6. The monoisotopic (exact) mass is 414 g/mol. The molecular weight excluding hydrogens is 380 g/mol. The molecule has 2 aromatic carbocycles. The van der Waals surface area contributed by atoms with Gasteiger partial charge >= 0.3 is 5.97 Å². The summed E-state index contributed by atoms with van der Waals surface area (Å²) in [6, 6.07) is 19.0. The van der Waals surface area contributed by atoms with Crippen molar-refractivity contribution in [2.75, 3.05) is 6.61 Å². The van der Waals surface area contributed by atoms with Crippen LogP contribution in [0.15, 0.2) is 60.7 Å². The van der Waals surface area contributed by atoms with Crippen LogP contribution in [0.2, 0.25) is 18.1 Å². The Morgan fingerprint density at radius 3 is 2.14 bits per heavy atom. The highest BCUT2D eigenvalue weighted by atomic mass is 28.4. The summed E-state index contributed by atoms with van der Waals surface area (Å²) in [6.07, 6.45) is 0.682. The van der Waals surface area contributed by atoms with Gasteiger partial charge in [0.1, 0.15) is 5.75 Å². The Labute approximate surface area is 176 Å². The van der Waals surface area contributed by atoms with Gasteiger partial charge in [-0.25, -0.2) is 4.79 Å². The molecule has 5 heteroatoms. The predicted molar refractivity (Wildman–Crippen MR) is 119 cm³/mol. The molecule has 4 nitrogen and oxygen atoms in total. The van der Waals surface area contributed by atoms with Gasteiger partial charge in [0, 0.05) is 6.61 Å². The molecule has 158 valence electrons. The second-order valence-electron chi connectivity index (χ2n) is 8.77. The number of carbonyl (C=O) groups is 1. The largest absolute Gasteiger partial charge is 0.425 e. The Morgan fingerprint density at radius 2 is 1.55 bits per heavy atom. The van der Waals surface area contributed by atoms with Gasteiger partial charge in [0.25, 0.3) is 0 Å². The number of benzene rings is 2. The molecule has 0 fully saturated rings. The van der Waals surface area contributed by atoms with Crippen molar-refractivity contribution in [2.45, 2.75) is 64.5 Å². The molecule has 0 N–H and O–H groups in total. The van der Waals surface area contributed by atoms with Crippen LogP contribution in [0.4, 0.5) is 0 Å². The zero-order chi connectivity index (χ0) is 21.3. The zero-order valence-corrected chi connectivity index (χ0v) is 19.3. The molecule has 1 atom stereocenters. The van der Waals surface area contributed by atoms with Crippen LogP contribution in [0.3, 0.4) is 0 Å². The topological polar surface area (TPSA) is 44.8 Å². The molecule has 0 radical (unpaired) electrons. The smallest absolute Gasteiger partial charge is 0.340 e. The first-order valence-corrected chi connectivity index (χ1v) is 13.2. The minimum absolute atomic E-state index is 0.169. The van der Waals surface area contributed by atoms with Crippen molar-refractivity contribution in [3.8, 4) is 5.75 Å². The SMILES string of the molecule is CC(C)(C)[Si](C)(C)OCCCC(OCc1ccccc1)C(=O)Oc1ccccc1. The number of esters is 1. The van der Waals surface area contributed by atoms with E-state index in [4.69, 9.17) is 13.9 Å². The molecule has 0 aliphatic carbocycles. The van der Waals surface area contributed by atoms with E-state index in [2.05, 4.69) is 33.9 Å². The van der Waals surface area contributed by atoms with Crippen molar-refractivity contribution in [3.63, 3.8) is 0 Å². The Hall–Kier alpha value is -1.95. The van der Waals surface area contributed by atoms with Gasteiger partial charge in [-0.15, -0.1) is 0 Å². The lowest BCUT2D eigenvalue weighted by Gasteiger charge is -2.36. The summed E-state index contributed by atoms with van der Waals surface area (Å²) < 4.78 is 17.7. The summed E-state index contributed by atoms with van der Waals surface area (Å²) in [5.41, 5.74) is 1.03. The lowest BCUT2D eigenvalue weighted by Crippen LogP contribution is -2.41. The Morgan fingerprint density at radius 1 is 0.966 bits per heavy atom. The first-order chi connectivity index (χ1) is 13.7. The lowest BCUT2D eigenvalue weighted by molar-refractivity contribution is -0.149. The maximum Gasteiger partial charge on any atom is 0.340 e. The van der Waals surface area contributed by atoms with Crippen LogP contribution in [0.5, 0.6) is 5.75 Å². The molecule has 0 amide bonds. The van der Waals surface area contributed by atoms with E-state index in [1.165, 1.54) is 0 Å². The summed E-state index contributed by atoms with van der Waals surface area (Å²) >= 11 is 0. The van der Waals surface area contributed by atoms with Gasteiger partial charge in [0.2, 0.25) is 0 Å². The van der Waals surface area contributed by atoms with Crippen molar-refractivity contribution in [1.82, 2.24) is 0 Å². The fourth-order valence-electron chi connectivity index (χ4n) is 2.52. The fraction of sp³-hybridized carbons (Fsp3) is 0.458. The highest BCUT2D eigenvalue weighted by molar-refractivity contribution is 6.74. The predicted octanol–water partition coefficient (Wildman–Crippen LogP) is 5.98. The van der Waals surface area contributed by atoms with Crippen molar-refractivity contribution in [3.05, 3.63) is 66.2 Å². The van der Waals surface area contributed by atoms with Gasteiger partial charge < -0.3 is 13.9 Å². The third kappa shape index (κ3) is 7.76. The fourth-order valence-corrected chi connectivity index (χ4v) is 3.61. The third-order valence-corrected chi connectivity index (χ3v) is 9.94. The van der Waals surface area contributed by atoms with Crippen molar-refractivity contribution >= 4 is 14.3 Å². The molecule has 1 unspecified atom stereocenters. The van der Waals surface area contributed by atoms with E-state index in [1.54, 1.807) is 12.1 Å². The number of para-hydroxylation sites is 1. The highest BCUT2D eigenvalue weighted by Crippen LogP contribution is 2.36. The summed E-state index contributed by atoms with van der Waals surface area (Å²) in [6.45, 7) is 12.1. The second kappa shape index (κ2) is 10.7. The summed E-state index contributed by atoms with van der Waals surface area (Å²) in [5.74, 6) is 0.169. The molecule has 0 saturated carbocycles. The molecule has 0 heterocycles. The van der Waals surface area contributed by atoms with Crippen molar-refractivity contribution < 1.29 is 18.7 Å². The number of hydrogen-bond donors (Lipinski definition) is 0. The van der Waals surface area contributed by atoms with E-state index in [9.17, 15) is 4.79 Å². The van der Waals surface area contributed by atoms with Crippen LogP contribution in [-0.2, 0) is 20.6 Å². The first kappa shape index (κ1) is 23.3. The van der Waals surface area contributed by atoms with Crippen LogP contribution >= 0.6 is 0 Å². The van der Waals surface area contributed by atoms with E-state index in [0.29, 0.717) is 25.4 Å². The summed E-state index contributed by atoms with van der Waals surface area (Å²) in [4.78, 5) is 12.7. The molecule has 0 aliphatic rings. The summed E-state index contributed by atoms with van der Waals surface area (Å²) in [5, 5.41) is 0.169. The maximum absolute atomic E-state index is 12.7. The molecule has 0 aliphatic heterocycles. The Kier molecular flexibility index (Phi) is 8.62. The molecule has 2 rings (SSSR count). The third-order valence-electron chi connectivity index (χ3n) is 5.40. The van der Waals surface area contributed by atoms with Gasteiger partial charge in [-0.1, -0.05) is 69.3 Å². The normalized spacial score (nSPS) is 13.1. The van der Waals surface area contributed by atoms with Crippen LogP contribution in [0.25, 0.3) is 0 Å². The molecule has 0 aromatic heterocycles. The minimum Gasteiger partial charge on any atom is -0.425 e. The van der Waals surface area contributed by atoms with Crippen LogP contribution in [0.1, 0.15) is 39.2 Å². The van der Waals surface area contributed by atoms with E-state index in [-0.39, 0.29) is 11.0 Å². The number of hydrogen-bond acceptors (Lipinski definition) is 4. The number of carbonyl (C=O) groups excluding carboxylic acids is 1. The van der Waals surface area contributed by atoms with E-state index in [0.717, 1.165) is 12.0 Å². The van der Waals surface area contributed by atoms with Gasteiger partial charge in [-0.2, -0.15) is 0 Å². The van der Waals surface area contributed by atoms with Crippen molar-refractivity contribution in [2.24, 2.45) is 0 Å². The maximum atomic E-state index is 12.7. The van der Waals surface area contributed by atoms with Crippen LogP contribution < -0.4 is 4.74 Å². The first-order valence-electron chi connectivity index (χ1n) is 10.3. The zero-order valence-electron chi connectivity index (χ0n) is 18.3. The highest BCUT2D eigenvalue weighted by Gasteiger charge is 2.37. The van der Waals surface area contributed by atoms with E-state index < -0.39 is 14.4 Å². The number of rotatable bonds is 10. The molecule has 2 aromatic rings. The van der Waals surface area contributed by atoms with E-state index >= 15 is 0 Å². The Balaban J connectivity index is 1.93. The van der Waals surface area contributed by atoms with Gasteiger partial charge in [-0.3, -0.25) is 0 Å². The molecule has 0 saturated heterocycles. The quantitative estimate of drug-likeness (QED) is 0.208. The van der Waals surface area contributed by atoms with Crippen LogP contribution in [-0.4, -0.2) is 27.0 Å². The molecule has 0 bridgehead atoms. The van der Waals surface area contributed by atoms with E-state index in [1.807, 2.05) is 48.5 Å². The Bertz CT molecular complexity index is 738. The van der Waals surface area contributed by atoms with Crippen LogP contribution in [0, 0.1) is 0 Å². The van der Waals surface area contributed by atoms with Gasteiger partial charge in [-0.05, 0) is 48.7 Å². The molecular formula is C24H34O4Si.